The van der Waals surface area contributed by atoms with Gasteiger partial charge >= 0.3 is 0 Å². The Bertz CT molecular complexity index is 716. The molecule has 1 aliphatic heterocycles. The minimum absolute atomic E-state index is 0.247. The van der Waals surface area contributed by atoms with Crippen molar-refractivity contribution >= 4 is 16.9 Å². The second-order valence-electron chi connectivity index (χ2n) is 5.12. The van der Waals surface area contributed by atoms with E-state index in [0.717, 1.165) is 0 Å². The van der Waals surface area contributed by atoms with Gasteiger partial charge in [0.25, 0.3) is 0 Å². The van der Waals surface area contributed by atoms with Gasteiger partial charge < -0.3 is 35.5 Å². The highest BCUT2D eigenvalue weighted by atomic mass is 16.7. The highest BCUT2D eigenvalue weighted by Gasteiger charge is 2.84. The lowest BCUT2D eigenvalue weighted by Gasteiger charge is -2.30. The Morgan fingerprint density at radius 1 is 1.30 bits per heavy atom. The number of hydrogen-bond donors (Lipinski definition) is 5. The maximum absolute atomic E-state index is 10.1. The van der Waals surface area contributed by atoms with E-state index in [1.54, 1.807) is 6.07 Å². The molecule has 2 aromatic rings. The number of fused-ring (bicyclic) bond motifs is 2. The number of nitrogens with two attached hydrogens (primary N) is 1. The number of hydrogen-bond acceptors (Lipinski definition) is 8. The molecule has 0 radical (unpaired) electrons. The molecule has 9 nitrogen and oxygen atoms in total. The van der Waals surface area contributed by atoms with Crippen LogP contribution >= 0.6 is 0 Å². The van der Waals surface area contributed by atoms with Crippen LogP contribution in [0.3, 0.4) is 0 Å². The van der Waals surface area contributed by atoms with E-state index in [-0.39, 0.29) is 5.82 Å². The number of rotatable bonds is 1. The molecular weight excluding hydrogens is 268 g/mol. The van der Waals surface area contributed by atoms with Crippen molar-refractivity contribution in [3.63, 3.8) is 0 Å². The summed E-state index contributed by atoms with van der Waals surface area (Å²) in [5.41, 5.74) is 3.95. The fourth-order valence-corrected chi connectivity index (χ4v) is 2.80. The van der Waals surface area contributed by atoms with Crippen LogP contribution in [0.15, 0.2) is 18.6 Å². The molecule has 2 aromatic heterocycles. The van der Waals surface area contributed by atoms with Crippen molar-refractivity contribution in [1.29, 1.82) is 0 Å². The number of aliphatic hydroxyl groups excluding tert-OH is 1. The van der Waals surface area contributed by atoms with Crippen LogP contribution in [0, 0.1) is 0 Å². The number of anilines is 1. The average Bonchev–Trinajstić information content (AvgIpc) is 2.75. The van der Waals surface area contributed by atoms with Gasteiger partial charge in [-0.25, -0.2) is 9.97 Å². The summed E-state index contributed by atoms with van der Waals surface area (Å²) in [5, 5.41) is 40.2. The quantitative estimate of drug-likeness (QED) is 0.366. The Morgan fingerprint density at radius 3 is 2.70 bits per heavy atom. The smallest absolute Gasteiger partial charge is 0.245 e. The summed E-state index contributed by atoms with van der Waals surface area (Å²) in [5.74, 6) is -2.39. The van der Waals surface area contributed by atoms with Crippen molar-refractivity contribution in [2.45, 2.75) is 29.8 Å². The van der Waals surface area contributed by atoms with Crippen molar-refractivity contribution in [2.24, 2.45) is 0 Å². The van der Waals surface area contributed by atoms with Crippen LogP contribution in [0.5, 0.6) is 0 Å². The van der Waals surface area contributed by atoms with Gasteiger partial charge in [-0.15, -0.1) is 0 Å². The van der Waals surface area contributed by atoms with Gasteiger partial charge in [0.2, 0.25) is 5.79 Å². The predicted molar refractivity (Wildman–Crippen MR) is 64.0 cm³/mol. The molecule has 0 spiro atoms. The molecule has 9 heteroatoms. The van der Waals surface area contributed by atoms with E-state index in [0.29, 0.717) is 11.0 Å². The summed E-state index contributed by atoms with van der Waals surface area (Å²) in [6, 6.07) is 1.61. The van der Waals surface area contributed by atoms with Gasteiger partial charge in [0, 0.05) is 6.20 Å². The number of nitrogens with zero attached hydrogens (tertiary/aromatic N) is 3. The molecule has 1 saturated carbocycles. The van der Waals surface area contributed by atoms with Crippen LogP contribution in [-0.2, 0) is 4.74 Å². The number of nitrogen functional groups attached to an aromatic ring is 1. The summed E-state index contributed by atoms with van der Waals surface area (Å²) in [4.78, 5) is 7.85. The molecule has 2 aliphatic rings. The van der Waals surface area contributed by atoms with E-state index in [4.69, 9.17) is 10.5 Å². The minimum atomic E-state index is -2.64. The number of ether oxygens (including phenoxy) is 1. The molecule has 4 rings (SSSR count). The Morgan fingerprint density at radius 2 is 2.05 bits per heavy atom. The van der Waals surface area contributed by atoms with Gasteiger partial charge in [0.15, 0.2) is 11.8 Å². The molecule has 20 heavy (non-hydrogen) atoms. The summed E-state index contributed by atoms with van der Waals surface area (Å²) in [6.07, 6.45) is -0.923. The Kier molecular flexibility index (Phi) is 1.96. The van der Waals surface area contributed by atoms with Crippen molar-refractivity contribution in [3.05, 3.63) is 18.6 Å². The van der Waals surface area contributed by atoms with E-state index in [9.17, 15) is 20.4 Å². The molecule has 6 N–H and O–H groups in total. The lowest BCUT2D eigenvalue weighted by molar-refractivity contribution is -0.285. The van der Waals surface area contributed by atoms with Gasteiger partial charge in [-0.05, 0) is 6.07 Å². The Balaban J connectivity index is 1.84. The van der Waals surface area contributed by atoms with Crippen LogP contribution in [0.2, 0.25) is 0 Å². The second kappa shape index (κ2) is 3.27. The first-order valence-corrected chi connectivity index (χ1v) is 5.96. The molecule has 2 fully saturated rings. The van der Waals surface area contributed by atoms with Crippen LogP contribution in [0.4, 0.5) is 5.82 Å². The van der Waals surface area contributed by atoms with E-state index >= 15 is 0 Å². The third-order valence-corrected chi connectivity index (χ3v) is 4.06. The summed E-state index contributed by atoms with van der Waals surface area (Å²) >= 11 is 0. The van der Waals surface area contributed by atoms with Crippen LogP contribution in [0.25, 0.3) is 11.0 Å². The molecule has 0 bridgehead atoms. The zero-order valence-electron chi connectivity index (χ0n) is 10.1. The molecule has 3 heterocycles. The lowest BCUT2D eigenvalue weighted by atomic mass is 10.1. The average molecular weight is 280 g/mol. The Labute approximate surface area is 111 Å². The first-order valence-electron chi connectivity index (χ1n) is 5.96. The van der Waals surface area contributed by atoms with Crippen LogP contribution in [-0.4, -0.2) is 58.6 Å². The maximum Gasteiger partial charge on any atom is 0.245 e. The molecule has 1 aliphatic carbocycles. The SMILES string of the molecule is Nc1ncnc2c1ccn2[C@@H]1O[C@@H]2C(O)[C@]2(O)C1(O)O. The monoisotopic (exact) mass is 280 g/mol. The number of aromatic nitrogens is 3. The van der Waals surface area contributed by atoms with Crippen LogP contribution < -0.4 is 5.73 Å². The van der Waals surface area contributed by atoms with Crippen LogP contribution in [0.1, 0.15) is 6.23 Å². The van der Waals surface area contributed by atoms with Gasteiger partial charge in [0.05, 0.1) is 5.39 Å². The summed E-state index contributed by atoms with van der Waals surface area (Å²) in [7, 11) is 0. The van der Waals surface area contributed by atoms with Crippen molar-refractivity contribution in [2.75, 3.05) is 5.73 Å². The fourth-order valence-electron chi connectivity index (χ4n) is 2.80. The third-order valence-electron chi connectivity index (χ3n) is 4.06. The highest BCUT2D eigenvalue weighted by Crippen LogP contribution is 2.58. The van der Waals surface area contributed by atoms with Crippen molar-refractivity contribution in [3.8, 4) is 0 Å². The first-order chi connectivity index (χ1) is 9.39. The normalized spacial score (nSPS) is 38.1. The Hall–Kier alpha value is -1.78. The van der Waals surface area contributed by atoms with E-state index < -0.39 is 29.8 Å². The van der Waals surface area contributed by atoms with E-state index in [2.05, 4.69) is 9.97 Å². The summed E-state index contributed by atoms with van der Waals surface area (Å²) < 4.78 is 6.66. The standard InChI is InChI=1S/C11H12N4O5/c12-7-4-1-2-15(8(4)14-3-13-7)9-11(18,19)10(17)5(16)6(10)20-9/h1-3,5-6,9,16-19H,(H2,12,13,14)/t5?,6-,9-,10-/m1/s1. The van der Waals surface area contributed by atoms with Gasteiger partial charge in [-0.2, -0.15) is 0 Å². The van der Waals surface area contributed by atoms with E-state index in [1.807, 2.05) is 0 Å². The third kappa shape index (κ3) is 1.11. The highest BCUT2D eigenvalue weighted by molar-refractivity contribution is 5.86. The summed E-state index contributed by atoms with van der Waals surface area (Å²) in [6.45, 7) is 0. The van der Waals surface area contributed by atoms with Gasteiger partial charge in [-0.1, -0.05) is 0 Å². The second-order valence-corrected chi connectivity index (χ2v) is 5.12. The lowest BCUT2D eigenvalue weighted by Crippen LogP contribution is -2.50. The van der Waals surface area contributed by atoms with E-state index in [1.165, 1.54) is 17.1 Å². The number of aliphatic hydroxyl groups is 4. The fraction of sp³-hybridized carbons (Fsp3) is 0.455. The topological polar surface area (TPSA) is 147 Å². The zero-order valence-corrected chi connectivity index (χ0v) is 10.1. The van der Waals surface area contributed by atoms with Crippen molar-refractivity contribution < 1.29 is 25.2 Å². The molecular formula is C11H12N4O5. The van der Waals surface area contributed by atoms with Crippen molar-refractivity contribution in [1.82, 2.24) is 14.5 Å². The molecule has 0 amide bonds. The molecule has 1 saturated heterocycles. The first kappa shape index (κ1) is 12.0. The molecule has 0 aromatic carbocycles. The molecule has 106 valence electrons. The van der Waals surface area contributed by atoms with Gasteiger partial charge in [0.1, 0.15) is 30.0 Å². The zero-order chi connectivity index (χ0) is 14.3. The molecule has 1 unspecified atom stereocenters. The predicted octanol–water partition coefficient (Wildman–Crippen LogP) is -2.30. The van der Waals surface area contributed by atoms with Gasteiger partial charge in [-0.3, -0.25) is 0 Å². The maximum atomic E-state index is 10.1. The minimum Gasteiger partial charge on any atom is -0.387 e. The molecule has 4 atom stereocenters. The largest absolute Gasteiger partial charge is 0.387 e.